The molecule has 2 amide bonds. The number of nitrogens with zero attached hydrogens (tertiary/aromatic N) is 9. The van der Waals surface area contributed by atoms with Crippen LogP contribution in [0.4, 0.5) is 25.2 Å². The lowest BCUT2D eigenvalue weighted by atomic mass is 10.0. The highest BCUT2D eigenvalue weighted by atomic mass is 19.1. The summed E-state index contributed by atoms with van der Waals surface area (Å²) in [7, 11) is 1.78. The third-order valence-electron chi connectivity index (χ3n) is 6.75. The highest BCUT2D eigenvalue weighted by molar-refractivity contribution is 5.79. The molecule has 2 aromatic heterocycles. The zero-order valence-electron chi connectivity index (χ0n) is 21.2. The first-order valence-corrected chi connectivity index (χ1v) is 12.1. The summed E-state index contributed by atoms with van der Waals surface area (Å²) in [6.07, 6.45) is 3.17. The van der Waals surface area contributed by atoms with Crippen molar-refractivity contribution in [2.75, 3.05) is 43.4 Å². The monoisotopic (exact) mass is 520 g/mol. The second kappa shape index (κ2) is 10.0. The van der Waals surface area contributed by atoms with Crippen LogP contribution in [-0.2, 0) is 0 Å². The second-order valence-corrected chi connectivity index (χ2v) is 9.08. The van der Waals surface area contributed by atoms with Crippen LogP contribution >= 0.6 is 0 Å². The molecule has 11 nitrogen and oxygen atoms in total. The molecular weight excluding hydrogens is 494 g/mol. The largest absolute Gasteiger partial charge is 0.385 e. The van der Waals surface area contributed by atoms with Crippen LogP contribution < -0.4 is 10.2 Å². The predicted octanol–water partition coefficient (Wildman–Crippen LogP) is 3.15. The van der Waals surface area contributed by atoms with Crippen LogP contribution in [0, 0.1) is 36.8 Å². The van der Waals surface area contributed by atoms with Crippen LogP contribution in [0.1, 0.15) is 35.0 Å². The Hall–Kier alpha value is -4.60. The highest BCUT2D eigenvalue weighted by Gasteiger charge is 2.34. The number of aryl methyl sites for hydroxylation is 1. The highest BCUT2D eigenvalue weighted by Crippen LogP contribution is 2.31. The van der Waals surface area contributed by atoms with Crippen molar-refractivity contribution in [3.8, 4) is 11.9 Å². The molecule has 0 spiro atoms. The first kappa shape index (κ1) is 25.1. The molecule has 5 rings (SSSR count). The molecule has 13 heteroatoms. The minimum absolute atomic E-state index is 0.0525. The number of halogens is 2. The number of carbonyl (C=O) groups is 1. The van der Waals surface area contributed by atoms with Crippen LogP contribution in [0.3, 0.4) is 0 Å². The van der Waals surface area contributed by atoms with Gasteiger partial charge in [0.05, 0.1) is 40.9 Å². The average molecular weight is 521 g/mol. The maximum atomic E-state index is 14.7. The van der Waals surface area contributed by atoms with Gasteiger partial charge in [0.15, 0.2) is 11.6 Å². The van der Waals surface area contributed by atoms with E-state index in [1.54, 1.807) is 24.2 Å². The van der Waals surface area contributed by atoms with E-state index in [2.05, 4.69) is 25.5 Å². The number of amides is 2. The Kier molecular flexibility index (Phi) is 6.62. The maximum Gasteiger partial charge on any atom is 0.341 e. The van der Waals surface area contributed by atoms with E-state index in [1.165, 1.54) is 15.8 Å². The summed E-state index contributed by atoms with van der Waals surface area (Å²) in [6.45, 7) is 5.24. The number of hydrogen-bond acceptors (Lipinski definition) is 8. The van der Waals surface area contributed by atoms with E-state index in [1.807, 2.05) is 24.8 Å². The summed E-state index contributed by atoms with van der Waals surface area (Å²) >= 11 is 0. The summed E-state index contributed by atoms with van der Waals surface area (Å²) in [5.74, 6) is -0.733. The number of nitrogens with one attached hydrogen (secondary N) is 1. The van der Waals surface area contributed by atoms with E-state index in [9.17, 15) is 18.8 Å². The number of aromatic nitrogens is 4. The van der Waals surface area contributed by atoms with Gasteiger partial charge in [-0.3, -0.25) is 0 Å². The van der Waals surface area contributed by atoms with Gasteiger partial charge in [0.1, 0.15) is 5.82 Å². The van der Waals surface area contributed by atoms with E-state index in [4.69, 9.17) is 0 Å². The summed E-state index contributed by atoms with van der Waals surface area (Å²) in [4.78, 5) is 25.5. The molecule has 0 radical (unpaired) electrons. The molecule has 2 aliphatic rings. The fourth-order valence-corrected chi connectivity index (χ4v) is 4.85. The van der Waals surface area contributed by atoms with Gasteiger partial charge in [0, 0.05) is 45.9 Å². The first-order chi connectivity index (χ1) is 18.3. The van der Waals surface area contributed by atoms with E-state index in [0.717, 1.165) is 29.3 Å². The van der Waals surface area contributed by atoms with Crippen LogP contribution in [0.5, 0.6) is 0 Å². The van der Waals surface area contributed by atoms with Gasteiger partial charge in [-0.15, -0.1) is 0 Å². The quantitative estimate of drug-likeness (QED) is 0.561. The molecule has 4 heterocycles. The molecule has 0 bridgehead atoms. The Morgan fingerprint density at radius 2 is 1.92 bits per heavy atom. The molecule has 1 unspecified atom stereocenters. The normalized spacial score (nSPS) is 17.2. The van der Waals surface area contributed by atoms with Crippen molar-refractivity contribution in [3.05, 3.63) is 58.5 Å². The molecule has 196 valence electrons. The number of benzene rings is 1. The summed E-state index contributed by atoms with van der Waals surface area (Å²) < 4.78 is 30.2. The summed E-state index contributed by atoms with van der Waals surface area (Å²) in [6, 6.07) is 5.20. The lowest BCUT2D eigenvalue weighted by Gasteiger charge is -2.37. The minimum Gasteiger partial charge on any atom is -0.385 e. The van der Waals surface area contributed by atoms with Gasteiger partial charge in [-0.1, -0.05) is 0 Å². The summed E-state index contributed by atoms with van der Waals surface area (Å²) in [5, 5.41) is 22.2. The van der Waals surface area contributed by atoms with Crippen LogP contribution in [0.2, 0.25) is 0 Å². The molecule has 1 N–H and O–H groups in total. The van der Waals surface area contributed by atoms with Gasteiger partial charge in [-0.25, -0.2) is 28.3 Å². The van der Waals surface area contributed by atoms with Gasteiger partial charge in [-0.2, -0.15) is 20.4 Å². The van der Waals surface area contributed by atoms with Crippen molar-refractivity contribution in [3.63, 3.8) is 0 Å². The van der Waals surface area contributed by atoms with Crippen LogP contribution in [0.15, 0.2) is 29.5 Å². The maximum absolute atomic E-state index is 14.7. The lowest BCUT2D eigenvalue weighted by Crippen LogP contribution is -2.52. The predicted molar refractivity (Wildman–Crippen MR) is 136 cm³/mol. The smallest absolute Gasteiger partial charge is 0.341 e. The SMILES string of the molecule is CNc1c(C)nn(-c2nc(N3CCN(C(=O)N4N=CCC4c4cc(F)cc(C#N)c4)CC3)ncc2F)c1C. The lowest BCUT2D eigenvalue weighted by molar-refractivity contribution is 0.139. The van der Waals surface area contributed by atoms with Crippen molar-refractivity contribution in [1.82, 2.24) is 29.7 Å². The number of piperazine rings is 1. The van der Waals surface area contributed by atoms with Gasteiger partial charge in [0.2, 0.25) is 5.95 Å². The van der Waals surface area contributed by atoms with E-state index in [-0.39, 0.29) is 17.4 Å². The standard InChI is InChI=1S/C25H26F2N10O/c1-15-22(29-3)16(2)36(33-15)23-20(27)14-30-24(32-23)34-6-8-35(9-7-34)25(38)37-21(4-5-31-37)18-10-17(13-28)11-19(26)12-18/h5,10-12,14,21,29H,4,6-9H2,1-3H3. The third kappa shape index (κ3) is 4.49. The number of anilines is 2. The molecule has 1 saturated heterocycles. The van der Waals surface area contributed by atoms with E-state index >= 15 is 0 Å². The van der Waals surface area contributed by atoms with Gasteiger partial charge in [-0.05, 0) is 37.6 Å². The zero-order valence-corrected chi connectivity index (χ0v) is 21.2. The van der Waals surface area contributed by atoms with E-state index in [0.29, 0.717) is 44.1 Å². The number of urea groups is 1. The number of nitriles is 1. The van der Waals surface area contributed by atoms with Gasteiger partial charge >= 0.3 is 6.03 Å². The molecule has 1 atom stereocenters. The van der Waals surface area contributed by atoms with Crippen LogP contribution in [0.25, 0.3) is 5.82 Å². The molecule has 3 aromatic rings. The fourth-order valence-electron chi connectivity index (χ4n) is 4.85. The molecule has 38 heavy (non-hydrogen) atoms. The molecule has 1 fully saturated rings. The van der Waals surface area contributed by atoms with Crippen LogP contribution in [-0.4, -0.2) is 75.1 Å². The Bertz CT molecular complexity index is 1460. The third-order valence-corrected chi connectivity index (χ3v) is 6.75. The van der Waals surface area contributed by atoms with E-state index < -0.39 is 17.7 Å². The van der Waals surface area contributed by atoms with Crippen molar-refractivity contribution < 1.29 is 13.6 Å². The fraction of sp³-hybridized carbons (Fsp3) is 0.360. The van der Waals surface area contributed by atoms with Gasteiger partial charge in [0.25, 0.3) is 0 Å². The Balaban J connectivity index is 1.30. The van der Waals surface area contributed by atoms with Crippen molar-refractivity contribution in [2.45, 2.75) is 26.3 Å². The molecule has 2 aliphatic heterocycles. The average Bonchev–Trinajstić information content (AvgIpc) is 3.52. The van der Waals surface area contributed by atoms with Crippen molar-refractivity contribution in [2.24, 2.45) is 5.10 Å². The van der Waals surface area contributed by atoms with Crippen molar-refractivity contribution >= 4 is 23.9 Å². The Morgan fingerprint density at radius 1 is 1.16 bits per heavy atom. The Morgan fingerprint density at radius 3 is 2.61 bits per heavy atom. The number of hydrogen-bond donors (Lipinski definition) is 1. The zero-order chi connectivity index (χ0) is 27.0. The summed E-state index contributed by atoms with van der Waals surface area (Å²) in [5.41, 5.74) is 2.96. The number of rotatable bonds is 4. The van der Waals surface area contributed by atoms with Gasteiger partial charge < -0.3 is 15.1 Å². The number of carbonyl (C=O) groups excluding carboxylic acids is 1. The molecular formula is C25H26F2N10O. The second-order valence-electron chi connectivity index (χ2n) is 9.08. The molecule has 0 aliphatic carbocycles. The molecule has 0 saturated carbocycles. The minimum atomic E-state index is -0.592. The molecule has 1 aromatic carbocycles. The first-order valence-electron chi connectivity index (χ1n) is 12.1. The Labute approximate surface area is 218 Å². The number of hydrazone groups is 1. The van der Waals surface area contributed by atoms with Crippen molar-refractivity contribution in [1.29, 1.82) is 5.26 Å². The topological polar surface area (TPSA) is 119 Å².